The number of hydrogen-bond donors (Lipinski definition) is 1. The number of benzene rings is 1. The Labute approximate surface area is 169 Å². The molecule has 0 radical (unpaired) electrons. The molecular weight excluding hydrogens is 375 g/mol. The second-order valence-corrected chi connectivity index (χ2v) is 8.45. The van der Waals surface area contributed by atoms with Gasteiger partial charge in [0.1, 0.15) is 11.9 Å². The summed E-state index contributed by atoms with van der Waals surface area (Å²) < 4.78 is 26.2. The average Bonchev–Trinajstić information content (AvgIpc) is 3.12. The molecule has 1 amide bonds. The zero-order valence-electron chi connectivity index (χ0n) is 17.1. The molecule has 29 heavy (non-hydrogen) atoms. The molecule has 0 saturated carbocycles. The molecule has 2 aliphatic heterocycles. The number of fused-ring (bicyclic) bond motifs is 2. The maximum absolute atomic E-state index is 14.8. The van der Waals surface area contributed by atoms with Crippen LogP contribution in [-0.4, -0.2) is 39.1 Å². The van der Waals surface area contributed by atoms with Crippen molar-refractivity contribution in [3.63, 3.8) is 0 Å². The average molecular weight is 400 g/mol. The number of hydrogen-bond acceptors (Lipinski definition) is 6. The normalized spacial score (nSPS) is 18.0. The molecule has 154 valence electrons. The largest absolute Gasteiger partial charge is 0.444 e. The first-order chi connectivity index (χ1) is 13.7. The van der Waals surface area contributed by atoms with Crippen molar-refractivity contribution in [2.75, 3.05) is 11.9 Å². The van der Waals surface area contributed by atoms with Crippen LogP contribution >= 0.6 is 0 Å². The predicted octanol–water partition coefficient (Wildman–Crippen LogP) is 4.06. The Kier molecular flexibility index (Phi) is 4.80. The van der Waals surface area contributed by atoms with E-state index in [1.807, 2.05) is 33.8 Å². The Bertz CT molecular complexity index is 958. The lowest BCUT2D eigenvalue weighted by atomic mass is 10.00. The molecule has 2 aromatic rings. The lowest BCUT2D eigenvalue weighted by Crippen LogP contribution is -2.45. The minimum absolute atomic E-state index is 0.125. The zero-order chi connectivity index (χ0) is 20.8. The maximum atomic E-state index is 14.8. The summed E-state index contributed by atoms with van der Waals surface area (Å²) >= 11 is 0. The number of rotatable bonds is 2. The summed E-state index contributed by atoms with van der Waals surface area (Å²) in [6.07, 6.45) is 2.12. The fourth-order valence-electron chi connectivity index (χ4n) is 3.66. The second kappa shape index (κ2) is 7.17. The van der Waals surface area contributed by atoms with Gasteiger partial charge in [-0.2, -0.15) is 0 Å². The van der Waals surface area contributed by atoms with Crippen LogP contribution in [0.15, 0.2) is 18.5 Å². The van der Waals surface area contributed by atoms with Crippen molar-refractivity contribution in [3.05, 3.63) is 41.1 Å². The molecule has 3 heterocycles. The van der Waals surface area contributed by atoms with Gasteiger partial charge < -0.3 is 14.8 Å². The summed E-state index contributed by atoms with van der Waals surface area (Å²) in [6.45, 7) is 8.45. The van der Waals surface area contributed by atoms with Crippen molar-refractivity contribution < 1.29 is 18.7 Å². The number of carbonyl (C=O) groups excluding carboxylic acids is 1. The van der Waals surface area contributed by atoms with E-state index in [0.29, 0.717) is 36.5 Å². The van der Waals surface area contributed by atoms with Gasteiger partial charge in [-0.05, 0) is 52.7 Å². The van der Waals surface area contributed by atoms with Gasteiger partial charge in [-0.1, -0.05) is 0 Å². The Hall–Kier alpha value is -2.90. The molecule has 1 atom stereocenters. The van der Waals surface area contributed by atoms with Crippen molar-refractivity contribution in [2.24, 2.45) is 0 Å². The number of halogens is 1. The molecule has 8 heteroatoms. The van der Waals surface area contributed by atoms with Crippen molar-refractivity contribution in [2.45, 2.75) is 58.7 Å². The molecule has 7 nitrogen and oxygen atoms in total. The lowest BCUT2D eigenvalue weighted by molar-refractivity contribution is 0.0133. The Balaban J connectivity index is 1.59. The summed E-state index contributed by atoms with van der Waals surface area (Å²) in [5, 5.41) is 3.15. The molecule has 2 aliphatic rings. The van der Waals surface area contributed by atoms with Gasteiger partial charge in [-0.25, -0.2) is 19.2 Å². The molecule has 1 N–H and O–H groups in total. The molecule has 4 rings (SSSR count). The topological polar surface area (TPSA) is 76.6 Å². The third-order valence-corrected chi connectivity index (χ3v) is 5.08. The minimum atomic E-state index is -0.572. The fraction of sp³-hybridized carbons (Fsp3) is 0.476. The van der Waals surface area contributed by atoms with E-state index in [2.05, 4.69) is 15.3 Å². The zero-order valence-corrected chi connectivity index (χ0v) is 17.1. The number of carbonyl (C=O) groups is 1. The van der Waals surface area contributed by atoms with Crippen LogP contribution in [0.25, 0.3) is 0 Å². The van der Waals surface area contributed by atoms with Gasteiger partial charge in [0, 0.05) is 29.4 Å². The molecule has 0 bridgehead atoms. The first-order valence-corrected chi connectivity index (χ1v) is 9.78. The number of amides is 1. The van der Waals surface area contributed by atoms with Crippen LogP contribution in [0.3, 0.4) is 0 Å². The van der Waals surface area contributed by atoms with Crippen molar-refractivity contribution in [1.29, 1.82) is 0 Å². The quantitative estimate of drug-likeness (QED) is 0.819. The van der Waals surface area contributed by atoms with Crippen molar-refractivity contribution in [3.8, 4) is 11.6 Å². The molecule has 0 fully saturated rings. The molecular formula is C21H25FN4O3. The van der Waals surface area contributed by atoms with E-state index < -0.39 is 5.60 Å². The smallest absolute Gasteiger partial charge is 0.410 e. The van der Waals surface area contributed by atoms with Gasteiger partial charge in [0.25, 0.3) is 0 Å². The number of ether oxygens (including phenoxy) is 2. The van der Waals surface area contributed by atoms with Crippen LogP contribution < -0.4 is 10.1 Å². The Morgan fingerprint density at radius 1 is 1.28 bits per heavy atom. The second-order valence-electron chi connectivity index (χ2n) is 8.45. The standard InChI is InChI=1S/C21H25FN4O3/c1-12-9-14-16(10-26(12)20(27)29-21(2,3)4)24-11-25-19(14)28-17-6-5-15-13(18(17)22)7-8-23-15/h5-6,11-12,23H,7-10H2,1-4H3/t12-/m0/s1. The molecule has 0 spiro atoms. The summed E-state index contributed by atoms with van der Waals surface area (Å²) in [7, 11) is 0. The third kappa shape index (κ3) is 3.83. The van der Waals surface area contributed by atoms with Crippen molar-refractivity contribution >= 4 is 11.8 Å². The van der Waals surface area contributed by atoms with E-state index in [1.165, 1.54) is 6.33 Å². The van der Waals surface area contributed by atoms with Crippen LogP contribution in [0.2, 0.25) is 0 Å². The highest BCUT2D eigenvalue weighted by Crippen LogP contribution is 2.36. The monoisotopic (exact) mass is 400 g/mol. The molecule has 0 saturated heterocycles. The van der Waals surface area contributed by atoms with E-state index in [4.69, 9.17) is 9.47 Å². The summed E-state index contributed by atoms with van der Waals surface area (Å²) in [6, 6.07) is 3.31. The van der Waals surface area contributed by atoms with E-state index in [1.54, 1.807) is 11.0 Å². The van der Waals surface area contributed by atoms with Crippen LogP contribution in [0.4, 0.5) is 14.9 Å². The predicted molar refractivity (Wildman–Crippen MR) is 106 cm³/mol. The lowest BCUT2D eigenvalue weighted by Gasteiger charge is -2.35. The number of anilines is 1. The first-order valence-electron chi connectivity index (χ1n) is 9.78. The van der Waals surface area contributed by atoms with Gasteiger partial charge in [0.2, 0.25) is 5.88 Å². The molecule has 1 aromatic heterocycles. The maximum Gasteiger partial charge on any atom is 0.410 e. The molecule has 0 unspecified atom stereocenters. The fourth-order valence-corrected chi connectivity index (χ4v) is 3.66. The molecule has 1 aromatic carbocycles. The highest BCUT2D eigenvalue weighted by molar-refractivity contribution is 5.69. The van der Waals surface area contributed by atoms with Gasteiger partial charge >= 0.3 is 6.09 Å². The van der Waals surface area contributed by atoms with Crippen molar-refractivity contribution in [1.82, 2.24) is 14.9 Å². The van der Waals surface area contributed by atoms with Crippen LogP contribution in [0, 0.1) is 5.82 Å². The summed E-state index contributed by atoms with van der Waals surface area (Å²) in [5.74, 6) is 0.116. The van der Waals surface area contributed by atoms with E-state index in [0.717, 1.165) is 17.8 Å². The van der Waals surface area contributed by atoms with Crippen LogP contribution in [-0.2, 0) is 24.1 Å². The highest BCUT2D eigenvalue weighted by atomic mass is 19.1. The van der Waals surface area contributed by atoms with E-state index in [-0.39, 0.29) is 23.7 Å². The molecule has 0 aliphatic carbocycles. The highest BCUT2D eigenvalue weighted by Gasteiger charge is 2.33. The number of nitrogens with one attached hydrogen (secondary N) is 1. The third-order valence-electron chi connectivity index (χ3n) is 5.08. The van der Waals surface area contributed by atoms with Gasteiger partial charge in [0.05, 0.1) is 12.2 Å². The van der Waals surface area contributed by atoms with E-state index in [9.17, 15) is 9.18 Å². The van der Waals surface area contributed by atoms with E-state index >= 15 is 0 Å². The van der Waals surface area contributed by atoms with Crippen LogP contribution in [0.1, 0.15) is 44.5 Å². The first kappa shape index (κ1) is 19.4. The van der Waals surface area contributed by atoms with Crippen LogP contribution in [0.5, 0.6) is 11.6 Å². The Morgan fingerprint density at radius 2 is 2.07 bits per heavy atom. The number of aromatic nitrogens is 2. The number of nitrogens with zero attached hydrogens (tertiary/aromatic N) is 3. The van der Waals surface area contributed by atoms with Gasteiger partial charge in [0.15, 0.2) is 11.6 Å². The SMILES string of the molecule is C[C@H]1Cc2c(ncnc2Oc2ccc3c(c2F)CCN3)CN1C(=O)OC(C)(C)C. The summed E-state index contributed by atoms with van der Waals surface area (Å²) in [4.78, 5) is 22.7. The Morgan fingerprint density at radius 3 is 2.83 bits per heavy atom. The minimum Gasteiger partial charge on any atom is -0.444 e. The van der Waals surface area contributed by atoms with Gasteiger partial charge in [-0.3, -0.25) is 4.90 Å². The van der Waals surface area contributed by atoms with Gasteiger partial charge in [-0.15, -0.1) is 0 Å². The summed E-state index contributed by atoms with van der Waals surface area (Å²) in [5.41, 5.74) is 2.34.